The molecule has 2 aromatic heterocycles. The number of aromatic nitrogens is 6. The number of aryl methyl sites for hydroxylation is 1. The zero-order chi connectivity index (χ0) is 14.9. The molecule has 0 saturated carbocycles. The first kappa shape index (κ1) is 14.8. The highest BCUT2D eigenvalue weighted by molar-refractivity contribution is 5.90. The summed E-state index contributed by atoms with van der Waals surface area (Å²) in [5.74, 6) is -0.179. The van der Waals surface area contributed by atoms with Gasteiger partial charge in [-0.1, -0.05) is 0 Å². The molecule has 0 radical (unpaired) electrons. The number of nitrogens with one attached hydrogen (secondary N) is 1. The van der Waals surface area contributed by atoms with Crippen LogP contribution in [0.1, 0.15) is 6.42 Å². The largest absolute Gasteiger partial charge is 0.461 e. The molecule has 112 valence electrons. The maximum Gasteiger partial charge on any atom is 0.316 e. The Morgan fingerprint density at radius 3 is 2.81 bits per heavy atom. The van der Waals surface area contributed by atoms with Gasteiger partial charge in [-0.25, -0.2) is 14.6 Å². The number of tetrazole rings is 1. The number of nitrogens with zero attached hydrogens (tertiary/aromatic N) is 6. The number of methoxy groups -OCH3 is 1. The van der Waals surface area contributed by atoms with E-state index in [1.807, 2.05) is 0 Å². The van der Waals surface area contributed by atoms with Crippen molar-refractivity contribution in [3.05, 3.63) is 18.7 Å². The molecule has 0 bridgehead atoms. The molecular weight excluding hydrogens is 278 g/mol. The van der Waals surface area contributed by atoms with Gasteiger partial charge in [-0.05, 0) is 10.4 Å². The van der Waals surface area contributed by atoms with E-state index in [9.17, 15) is 4.79 Å². The van der Waals surface area contributed by atoms with E-state index in [0.717, 1.165) is 0 Å². The second-order valence-electron chi connectivity index (χ2n) is 3.97. The first-order chi connectivity index (χ1) is 10.3. The molecule has 1 N–H and O–H groups in total. The molecule has 1 amide bonds. The lowest BCUT2D eigenvalue weighted by molar-refractivity contribution is -0.116. The molecule has 0 saturated heterocycles. The Hall–Kier alpha value is -2.62. The van der Waals surface area contributed by atoms with Crippen molar-refractivity contribution in [2.24, 2.45) is 0 Å². The fraction of sp³-hybridized carbons (Fsp3) is 0.455. The minimum Gasteiger partial charge on any atom is -0.461 e. The smallest absolute Gasteiger partial charge is 0.316 e. The third-order valence-corrected chi connectivity index (χ3v) is 2.39. The molecule has 0 spiro atoms. The zero-order valence-corrected chi connectivity index (χ0v) is 11.5. The summed E-state index contributed by atoms with van der Waals surface area (Å²) in [6, 6.07) is 0.235. The zero-order valence-electron chi connectivity index (χ0n) is 11.5. The predicted octanol–water partition coefficient (Wildman–Crippen LogP) is -0.483. The SMILES string of the molecule is COCCOc1ncc(NC(=O)CCn2cnnn2)cn1. The van der Waals surface area contributed by atoms with Gasteiger partial charge < -0.3 is 14.8 Å². The Morgan fingerprint density at radius 2 is 2.14 bits per heavy atom. The van der Waals surface area contributed by atoms with E-state index < -0.39 is 0 Å². The van der Waals surface area contributed by atoms with E-state index >= 15 is 0 Å². The predicted molar refractivity (Wildman–Crippen MR) is 70.5 cm³/mol. The van der Waals surface area contributed by atoms with Crippen molar-refractivity contribution in [1.82, 2.24) is 30.2 Å². The molecule has 21 heavy (non-hydrogen) atoms. The Kier molecular flexibility index (Phi) is 5.52. The number of carbonyl (C=O) groups excluding carboxylic acids is 1. The molecule has 10 nitrogen and oxygen atoms in total. The monoisotopic (exact) mass is 293 g/mol. The van der Waals surface area contributed by atoms with Crippen molar-refractivity contribution in [2.75, 3.05) is 25.6 Å². The number of ether oxygens (including phenoxy) is 2. The van der Waals surface area contributed by atoms with Gasteiger partial charge in [-0.2, -0.15) is 0 Å². The standard InChI is InChI=1S/C11H15N7O3/c1-20-4-5-21-11-12-6-9(7-13-11)15-10(19)2-3-18-8-14-16-17-18/h6-8H,2-5H2,1H3,(H,15,19). The second-order valence-corrected chi connectivity index (χ2v) is 3.97. The molecule has 0 atom stereocenters. The highest BCUT2D eigenvalue weighted by Crippen LogP contribution is 2.07. The Balaban J connectivity index is 1.75. The molecule has 2 aromatic rings. The van der Waals surface area contributed by atoms with Crippen LogP contribution in [0, 0.1) is 0 Å². The van der Waals surface area contributed by atoms with Crippen LogP contribution in [-0.2, 0) is 16.1 Å². The minimum atomic E-state index is -0.179. The van der Waals surface area contributed by atoms with Crippen molar-refractivity contribution < 1.29 is 14.3 Å². The normalized spacial score (nSPS) is 10.3. The van der Waals surface area contributed by atoms with Gasteiger partial charge in [0, 0.05) is 13.5 Å². The molecule has 10 heteroatoms. The molecule has 2 rings (SSSR count). The molecule has 0 aliphatic rings. The number of anilines is 1. The summed E-state index contributed by atoms with van der Waals surface area (Å²) in [5, 5.41) is 13.3. The molecular formula is C11H15N7O3. The van der Waals surface area contributed by atoms with Crippen LogP contribution in [0.4, 0.5) is 5.69 Å². The van der Waals surface area contributed by atoms with Crippen LogP contribution >= 0.6 is 0 Å². The average molecular weight is 293 g/mol. The van der Waals surface area contributed by atoms with E-state index in [0.29, 0.717) is 25.4 Å². The van der Waals surface area contributed by atoms with Crippen LogP contribution < -0.4 is 10.1 Å². The number of hydrogen-bond donors (Lipinski definition) is 1. The van der Waals surface area contributed by atoms with Gasteiger partial charge >= 0.3 is 6.01 Å². The van der Waals surface area contributed by atoms with Gasteiger partial charge in [-0.3, -0.25) is 4.79 Å². The summed E-state index contributed by atoms with van der Waals surface area (Å²) < 4.78 is 11.5. The van der Waals surface area contributed by atoms with E-state index in [-0.39, 0.29) is 18.3 Å². The number of carbonyl (C=O) groups is 1. The van der Waals surface area contributed by atoms with Gasteiger partial charge in [-0.15, -0.1) is 5.10 Å². The summed E-state index contributed by atoms with van der Waals surface area (Å²) in [6.07, 6.45) is 4.65. The van der Waals surface area contributed by atoms with Crippen LogP contribution in [0.5, 0.6) is 6.01 Å². The first-order valence-corrected chi connectivity index (χ1v) is 6.22. The fourth-order valence-corrected chi connectivity index (χ4v) is 1.39. The van der Waals surface area contributed by atoms with Gasteiger partial charge in [0.05, 0.1) is 31.2 Å². The lowest BCUT2D eigenvalue weighted by atomic mass is 10.4. The number of rotatable bonds is 8. The molecule has 0 aliphatic carbocycles. The first-order valence-electron chi connectivity index (χ1n) is 6.22. The van der Waals surface area contributed by atoms with E-state index in [4.69, 9.17) is 9.47 Å². The summed E-state index contributed by atoms with van der Waals surface area (Å²) in [4.78, 5) is 19.7. The van der Waals surface area contributed by atoms with E-state index in [1.54, 1.807) is 7.11 Å². The van der Waals surface area contributed by atoms with Crippen LogP contribution in [-0.4, -0.2) is 56.4 Å². The summed E-state index contributed by atoms with van der Waals surface area (Å²) in [6.45, 7) is 1.23. The van der Waals surface area contributed by atoms with Gasteiger partial charge in [0.1, 0.15) is 12.9 Å². The van der Waals surface area contributed by atoms with Crippen LogP contribution in [0.15, 0.2) is 18.7 Å². The molecule has 0 unspecified atom stereocenters. The summed E-state index contributed by atoms with van der Waals surface area (Å²) >= 11 is 0. The second kappa shape index (κ2) is 7.85. The topological polar surface area (TPSA) is 117 Å². The summed E-state index contributed by atoms with van der Waals surface area (Å²) in [7, 11) is 1.58. The highest BCUT2D eigenvalue weighted by Gasteiger charge is 2.05. The maximum atomic E-state index is 11.7. The average Bonchev–Trinajstić information content (AvgIpc) is 3.01. The van der Waals surface area contributed by atoms with Crippen LogP contribution in [0.25, 0.3) is 0 Å². The van der Waals surface area contributed by atoms with Gasteiger partial charge in [0.25, 0.3) is 0 Å². The molecule has 2 heterocycles. The Bertz CT molecular complexity index is 543. The van der Waals surface area contributed by atoms with Crippen molar-refractivity contribution >= 4 is 11.6 Å². The minimum absolute atomic E-state index is 0.179. The van der Waals surface area contributed by atoms with E-state index in [2.05, 4.69) is 30.8 Å². The van der Waals surface area contributed by atoms with Crippen molar-refractivity contribution in [3.8, 4) is 6.01 Å². The highest BCUT2D eigenvalue weighted by atomic mass is 16.5. The Morgan fingerprint density at radius 1 is 1.33 bits per heavy atom. The van der Waals surface area contributed by atoms with Gasteiger partial charge in [0.2, 0.25) is 5.91 Å². The van der Waals surface area contributed by atoms with Crippen LogP contribution in [0.3, 0.4) is 0 Å². The number of hydrogen-bond acceptors (Lipinski definition) is 8. The van der Waals surface area contributed by atoms with Crippen molar-refractivity contribution in [1.29, 1.82) is 0 Å². The van der Waals surface area contributed by atoms with Crippen molar-refractivity contribution in [3.63, 3.8) is 0 Å². The molecule has 0 aliphatic heterocycles. The lowest BCUT2D eigenvalue weighted by Gasteiger charge is -2.06. The molecule has 0 fully saturated rings. The van der Waals surface area contributed by atoms with Gasteiger partial charge in [0.15, 0.2) is 0 Å². The quantitative estimate of drug-likeness (QED) is 0.648. The fourth-order valence-electron chi connectivity index (χ4n) is 1.39. The Labute approximate surface area is 120 Å². The number of amides is 1. The van der Waals surface area contributed by atoms with Crippen LogP contribution in [0.2, 0.25) is 0 Å². The van der Waals surface area contributed by atoms with E-state index in [1.165, 1.54) is 23.4 Å². The third kappa shape index (κ3) is 5.10. The van der Waals surface area contributed by atoms with Crippen molar-refractivity contribution in [2.45, 2.75) is 13.0 Å². The maximum absolute atomic E-state index is 11.7. The lowest BCUT2D eigenvalue weighted by Crippen LogP contribution is -2.15. The molecule has 0 aromatic carbocycles. The summed E-state index contributed by atoms with van der Waals surface area (Å²) in [5.41, 5.74) is 0.496. The third-order valence-electron chi connectivity index (χ3n) is 2.39.